The zero-order valence-electron chi connectivity index (χ0n) is 12.2. The fourth-order valence-electron chi connectivity index (χ4n) is 2.62. The first kappa shape index (κ1) is 14.6. The van der Waals surface area contributed by atoms with Gasteiger partial charge in [0, 0.05) is 24.0 Å². The number of rotatable bonds is 4. The molecule has 4 heterocycles. The summed E-state index contributed by atoms with van der Waals surface area (Å²) in [4.78, 5) is 25.5. The SMILES string of the molecule is O=C(NCc1csc(-c2cccs2)n1)[C@H]1NCCc2[nH]cnc21. The van der Waals surface area contributed by atoms with E-state index in [1.165, 1.54) is 0 Å². The summed E-state index contributed by atoms with van der Waals surface area (Å²) in [5.41, 5.74) is 2.72. The van der Waals surface area contributed by atoms with Crippen LogP contribution in [-0.4, -0.2) is 27.4 Å². The second kappa shape index (κ2) is 6.23. The van der Waals surface area contributed by atoms with E-state index in [1.807, 2.05) is 16.8 Å². The molecule has 1 amide bonds. The second-order valence-corrected chi connectivity index (χ2v) is 7.05. The van der Waals surface area contributed by atoms with E-state index in [-0.39, 0.29) is 11.9 Å². The van der Waals surface area contributed by atoms with Gasteiger partial charge in [-0.3, -0.25) is 4.79 Å². The van der Waals surface area contributed by atoms with Crippen molar-refractivity contribution in [2.75, 3.05) is 6.54 Å². The Morgan fingerprint density at radius 3 is 3.26 bits per heavy atom. The summed E-state index contributed by atoms with van der Waals surface area (Å²) in [6.07, 6.45) is 2.51. The highest BCUT2D eigenvalue weighted by atomic mass is 32.1. The average molecular weight is 345 g/mol. The number of fused-ring (bicyclic) bond motifs is 1. The van der Waals surface area contributed by atoms with Gasteiger partial charge in [0.25, 0.3) is 0 Å². The van der Waals surface area contributed by atoms with Crippen LogP contribution in [0, 0.1) is 0 Å². The predicted octanol–water partition coefficient (Wildman–Crippen LogP) is 2.10. The fourth-order valence-corrected chi connectivity index (χ4v) is 4.25. The Balaban J connectivity index is 1.41. The molecule has 1 aliphatic rings. The molecule has 1 aliphatic heterocycles. The van der Waals surface area contributed by atoms with Crippen LogP contribution < -0.4 is 10.6 Å². The van der Waals surface area contributed by atoms with Crippen molar-refractivity contribution >= 4 is 28.6 Å². The molecule has 0 saturated carbocycles. The molecule has 0 aliphatic carbocycles. The zero-order chi connectivity index (χ0) is 15.6. The van der Waals surface area contributed by atoms with Crippen LogP contribution in [0.1, 0.15) is 23.1 Å². The van der Waals surface area contributed by atoms with Crippen molar-refractivity contribution in [2.45, 2.75) is 19.0 Å². The van der Waals surface area contributed by atoms with Gasteiger partial charge in [0.1, 0.15) is 11.0 Å². The van der Waals surface area contributed by atoms with Crippen LogP contribution >= 0.6 is 22.7 Å². The van der Waals surface area contributed by atoms with Gasteiger partial charge in [0.2, 0.25) is 5.91 Å². The smallest absolute Gasteiger partial charge is 0.243 e. The summed E-state index contributed by atoms with van der Waals surface area (Å²) in [5, 5.41) is 11.2. The first-order valence-electron chi connectivity index (χ1n) is 7.33. The van der Waals surface area contributed by atoms with Gasteiger partial charge in [-0.05, 0) is 11.4 Å². The minimum atomic E-state index is -0.389. The molecule has 1 atom stereocenters. The Hall–Kier alpha value is -2.03. The minimum absolute atomic E-state index is 0.0660. The van der Waals surface area contributed by atoms with E-state index in [4.69, 9.17) is 0 Å². The number of carbonyl (C=O) groups excluding carboxylic acids is 1. The van der Waals surface area contributed by atoms with Crippen LogP contribution in [0.5, 0.6) is 0 Å². The summed E-state index contributed by atoms with van der Waals surface area (Å²) >= 11 is 3.27. The summed E-state index contributed by atoms with van der Waals surface area (Å²) in [6, 6.07) is 3.68. The van der Waals surface area contributed by atoms with Gasteiger partial charge in [-0.15, -0.1) is 22.7 Å². The molecular weight excluding hydrogens is 330 g/mol. The maximum atomic E-state index is 12.4. The number of hydrogen-bond donors (Lipinski definition) is 3. The lowest BCUT2D eigenvalue weighted by atomic mass is 10.1. The highest BCUT2D eigenvalue weighted by Gasteiger charge is 2.28. The normalized spacial score (nSPS) is 17.0. The molecule has 0 radical (unpaired) electrons. The van der Waals surface area contributed by atoms with Crippen molar-refractivity contribution in [3.63, 3.8) is 0 Å². The monoisotopic (exact) mass is 345 g/mol. The molecule has 8 heteroatoms. The Morgan fingerprint density at radius 2 is 2.39 bits per heavy atom. The lowest BCUT2D eigenvalue weighted by molar-refractivity contribution is -0.123. The van der Waals surface area contributed by atoms with Crippen LogP contribution in [-0.2, 0) is 17.8 Å². The van der Waals surface area contributed by atoms with Crippen molar-refractivity contribution < 1.29 is 4.79 Å². The van der Waals surface area contributed by atoms with Crippen LogP contribution in [0.2, 0.25) is 0 Å². The molecule has 0 bridgehead atoms. The number of thiazole rings is 1. The number of hydrogen-bond acceptors (Lipinski definition) is 6. The van der Waals surface area contributed by atoms with E-state index in [0.717, 1.165) is 39.9 Å². The largest absolute Gasteiger partial charge is 0.349 e. The maximum absolute atomic E-state index is 12.4. The van der Waals surface area contributed by atoms with Crippen molar-refractivity contribution in [3.05, 3.63) is 46.3 Å². The zero-order valence-corrected chi connectivity index (χ0v) is 13.8. The molecule has 0 unspecified atom stereocenters. The molecule has 6 nitrogen and oxygen atoms in total. The topological polar surface area (TPSA) is 82.7 Å². The summed E-state index contributed by atoms with van der Waals surface area (Å²) < 4.78 is 0. The van der Waals surface area contributed by atoms with Gasteiger partial charge in [0.05, 0.1) is 29.1 Å². The van der Waals surface area contributed by atoms with Gasteiger partial charge in [-0.1, -0.05) is 6.07 Å². The molecule has 4 rings (SSSR count). The lowest BCUT2D eigenvalue weighted by Gasteiger charge is -2.21. The maximum Gasteiger partial charge on any atom is 0.243 e. The average Bonchev–Trinajstić information content (AvgIpc) is 3.32. The van der Waals surface area contributed by atoms with Gasteiger partial charge < -0.3 is 15.6 Å². The van der Waals surface area contributed by atoms with Crippen LogP contribution in [0.15, 0.2) is 29.2 Å². The molecule has 118 valence electrons. The molecule has 0 aromatic carbocycles. The first-order chi connectivity index (χ1) is 11.3. The lowest BCUT2D eigenvalue weighted by Crippen LogP contribution is -2.41. The number of H-pyrrole nitrogens is 1. The van der Waals surface area contributed by atoms with E-state index >= 15 is 0 Å². The highest BCUT2D eigenvalue weighted by molar-refractivity contribution is 7.20. The minimum Gasteiger partial charge on any atom is -0.349 e. The number of aromatic amines is 1. The molecule has 23 heavy (non-hydrogen) atoms. The van der Waals surface area contributed by atoms with Gasteiger partial charge in [0.15, 0.2) is 0 Å². The van der Waals surface area contributed by atoms with Crippen molar-refractivity contribution in [3.8, 4) is 9.88 Å². The summed E-state index contributed by atoms with van der Waals surface area (Å²) in [7, 11) is 0. The third-order valence-electron chi connectivity index (χ3n) is 3.74. The van der Waals surface area contributed by atoms with Crippen molar-refractivity contribution in [1.82, 2.24) is 25.6 Å². The third kappa shape index (κ3) is 2.92. The standard InChI is InChI=1S/C15H15N5OS2/c21-14(13-12-10(3-4-16-13)18-8-19-12)17-6-9-7-23-15(20-9)11-2-1-5-22-11/h1-2,5,7-8,13,16H,3-4,6H2,(H,17,21)(H,18,19)/t13-/m0/s1. The molecule has 0 fully saturated rings. The van der Waals surface area contributed by atoms with Gasteiger partial charge in [-0.25, -0.2) is 9.97 Å². The molecule has 0 spiro atoms. The molecule has 3 aromatic heterocycles. The number of thiophene rings is 1. The van der Waals surface area contributed by atoms with Crippen LogP contribution in [0.25, 0.3) is 9.88 Å². The quantitative estimate of drug-likeness (QED) is 0.676. The third-order valence-corrected chi connectivity index (χ3v) is 5.67. The van der Waals surface area contributed by atoms with Crippen LogP contribution in [0.3, 0.4) is 0 Å². The molecule has 0 saturated heterocycles. The number of imidazole rings is 1. The van der Waals surface area contributed by atoms with Gasteiger partial charge >= 0.3 is 0 Å². The number of amides is 1. The van der Waals surface area contributed by atoms with Crippen molar-refractivity contribution in [1.29, 1.82) is 0 Å². The Bertz CT molecular complexity index is 808. The molecule has 3 aromatic rings. The van der Waals surface area contributed by atoms with E-state index in [0.29, 0.717) is 6.54 Å². The summed E-state index contributed by atoms with van der Waals surface area (Å²) in [5.74, 6) is -0.0660. The van der Waals surface area contributed by atoms with E-state index in [2.05, 4.69) is 31.7 Å². The van der Waals surface area contributed by atoms with Crippen LogP contribution in [0.4, 0.5) is 0 Å². The fraction of sp³-hybridized carbons (Fsp3) is 0.267. The number of aromatic nitrogens is 3. The Morgan fingerprint density at radius 1 is 1.43 bits per heavy atom. The van der Waals surface area contributed by atoms with Crippen molar-refractivity contribution in [2.24, 2.45) is 0 Å². The second-order valence-electron chi connectivity index (χ2n) is 5.24. The van der Waals surface area contributed by atoms with E-state index in [9.17, 15) is 4.79 Å². The molecular formula is C15H15N5OS2. The predicted molar refractivity (Wildman–Crippen MR) is 90.3 cm³/mol. The number of carbonyl (C=O) groups is 1. The van der Waals surface area contributed by atoms with E-state index in [1.54, 1.807) is 29.0 Å². The number of nitrogens with zero attached hydrogens (tertiary/aromatic N) is 2. The number of nitrogens with one attached hydrogen (secondary N) is 3. The summed E-state index contributed by atoms with van der Waals surface area (Å²) in [6.45, 7) is 1.20. The molecule has 3 N–H and O–H groups in total. The highest BCUT2D eigenvalue weighted by Crippen LogP contribution is 2.27. The first-order valence-corrected chi connectivity index (χ1v) is 9.09. The Labute approximate surface area is 141 Å². The van der Waals surface area contributed by atoms with Gasteiger partial charge in [-0.2, -0.15) is 0 Å². The Kier molecular flexibility index (Phi) is 3.94. The van der Waals surface area contributed by atoms with E-state index < -0.39 is 0 Å².